The van der Waals surface area contributed by atoms with Crippen LogP contribution in [0.5, 0.6) is 0 Å². The molecule has 22 heavy (non-hydrogen) atoms. The molecule has 1 atom stereocenters. The molecule has 0 spiro atoms. The van der Waals surface area contributed by atoms with Crippen molar-refractivity contribution in [2.45, 2.75) is 39.0 Å². The largest absolute Gasteiger partial charge is 0.358 e. The van der Waals surface area contributed by atoms with Crippen LogP contribution < -0.4 is 5.32 Å². The normalized spacial score (nSPS) is 22.5. The van der Waals surface area contributed by atoms with E-state index in [0.29, 0.717) is 5.92 Å². The van der Waals surface area contributed by atoms with E-state index in [-0.39, 0.29) is 7.92 Å². The van der Waals surface area contributed by atoms with E-state index in [1.807, 2.05) is 0 Å². The van der Waals surface area contributed by atoms with E-state index in [1.54, 1.807) is 0 Å². The molecule has 0 saturated heterocycles. The molecule has 1 unspecified atom stereocenters. The van der Waals surface area contributed by atoms with Crippen LogP contribution in [0.2, 0.25) is 0 Å². The SMILES string of the molecule is C=C(NC1=C(C)c2ccccc2C(=C)P1C)C1CCCCC1. The lowest BCUT2D eigenvalue weighted by Crippen LogP contribution is -2.22. The van der Waals surface area contributed by atoms with E-state index in [0.717, 1.165) is 0 Å². The first-order valence-electron chi connectivity index (χ1n) is 8.28. The molecule has 1 fully saturated rings. The van der Waals surface area contributed by atoms with Gasteiger partial charge in [0.05, 0.1) is 0 Å². The van der Waals surface area contributed by atoms with Crippen molar-refractivity contribution in [3.63, 3.8) is 0 Å². The van der Waals surface area contributed by atoms with E-state index in [2.05, 4.69) is 56.3 Å². The summed E-state index contributed by atoms with van der Waals surface area (Å²) in [5.41, 5.74) is 6.59. The van der Waals surface area contributed by atoms with Gasteiger partial charge in [-0.2, -0.15) is 0 Å². The molecule has 3 rings (SSSR count). The zero-order valence-corrected chi connectivity index (χ0v) is 14.7. The summed E-state index contributed by atoms with van der Waals surface area (Å²) in [7, 11) is -0.383. The number of benzene rings is 1. The van der Waals surface area contributed by atoms with Crippen molar-refractivity contribution < 1.29 is 0 Å². The maximum Gasteiger partial charge on any atom is 0.0464 e. The van der Waals surface area contributed by atoms with E-state index in [9.17, 15) is 0 Å². The fourth-order valence-electron chi connectivity index (χ4n) is 3.64. The first-order chi connectivity index (χ1) is 10.6. The monoisotopic (exact) mass is 311 g/mol. The molecule has 1 aromatic rings. The number of allylic oxidation sites excluding steroid dienone is 2. The Bertz CT molecular complexity index is 635. The molecular formula is C20H26NP. The molecule has 0 radical (unpaired) electrons. The third-order valence-corrected chi connectivity index (χ3v) is 7.28. The molecule has 2 heteroatoms. The van der Waals surface area contributed by atoms with Crippen molar-refractivity contribution in [2.75, 3.05) is 6.66 Å². The van der Waals surface area contributed by atoms with Gasteiger partial charge in [-0.15, -0.1) is 0 Å². The van der Waals surface area contributed by atoms with Crippen LogP contribution in [0.25, 0.3) is 10.9 Å². The van der Waals surface area contributed by atoms with Crippen LogP contribution in [0, 0.1) is 5.92 Å². The van der Waals surface area contributed by atoms with Gasteiger partial charge in [-0.1, -0.05) is 56.7 Å². The van der Waals surface area contributed by atoms with Gasteiger partial charge < -0.3 is 5.32 Å². The van der Waals surface area contributed by atoms with Gasteiger partial charge in [0.25, 0.3) is 0 Å². The number of nitrogens with one attached hydrogen (secondary N) is 1. The maximum absolute atomic E-state index is 4.37. The van der Waals surface area contributed by atoms with Gasteiger partial charge in [-0.05, 0) is 62.3 Å². The quantitative estimate of drug-likeness (QED) is 0.660. The molecule has 0 bridgehead atoms. The third kappa shape index (κ3) is 2.79. The minimum absolute atomic E-state index is 0.383. The molecule has 0 aromatic heterocycles. The topological polar surface area (TPSA) is 12.0 Å². The molecule has 1 aromatic carbocycles. The van der Waals surface area contributed by atoms with Crippen LogP contribution in [-0.4, -0.2) is 6.66 Å². The van der Waals surface area contributed by atoms with Crippen LogP contribution in [-0.2, 0) is 0 Å². The standard InChI is InChI=1S/C20H26NP/c1-14-18-12-8-9-13-19(18)16(3)22(4)20(14)21-15(2)17-10-6-5-7-11-17/h8-9,12-13,17,21H,2-3,5-7,10-11H2,1,4H3. The Morgan fingerprint density at radius 1 is 1.14 bits per heavy atom. The lowest BCUT2D eigenvalue weighted by molar-refractivity contribution is 0.393. The summed E-state index contributed by atoms with van der Waals surface area (Å²) in [6, 6.07) is 8.64. The predicted molar refractivity (Wildman–Crippen MR) is 99.8 cm³/mol. The number of fused-ring (bicyclic) bond motifs is 1. The Kier molecular flexibility index (Phi) is 4.54. The van der Waals surface area contributed by atoms with Crippen molar-refractivity contribution >= 4 is 18.8 Å². The Morgan fingerprint density at radius 2 is 1.77 bits per heavy atom. The zero-order valence-electron chi connectivity index (χ0n) is 13.8. The van der Waals surface area contributed by atoms with Gasteiger partial charge in [0.1, 0.15) is 0 Å². The molecule has 1 heterocycles. The van der Waals surface area contributed by atoms with Crippen molar-refractivity contribution in [2.24, 2.45) is 5.92 Å². The molecule has 1 aliphatic heterocycles. The molecule has 1 saturated carbocycles. The van der Waals surface area contributed by atoms with Crippen molar-refractivity contribution in [3.8, 4) is 0 Å². The summed E-state index contributed by atoms with van der Waals surface area (Å²) < 4.78 is 0. The van der Waals surface area contributed by atoms with Crippen LogP contribution >= 0.6 is 7.92 Å². The van der Waals surface area contributed by atoms with E-state index < -0.39 is 0 Å². The summed E-state index contributed by atoms with van der Waals surface area (Å²) in [5.74, 6) is 0.642. The summed E-state index contributed by atoms with van der Waals surface area (Å²) in [6.07, 6.45) is 6.66. The molecule has 2 aliphatic rings. The van der Waals surface area contributed by atoms with Crippen LogP contribution in [0.1, 0.15) is 50.2 Å². The minimum Gasteiger partial charge on any atom is -0.358 e. The summed E-state index contributed by atoms with van der Waals surface area (Å²) >= 11 is 0. The van der Waals surface area contributed by atoms with Crippen LogP contribution in [0.3, 0.4) is 0 Å². The van der Waals surface area contributed by atoms with Crippen LogP contribution in [0.15, 0.2) is 48.6 Å². The third-order valence-electron chi connectivity index (χ3n) is 5.11. The van der Waals surface area contributed by atoms with Gasteiger partial charge in [-0.25, -0.2) is 0 Å². The van der Waals surface area contributed by atoms with Crippen LogP contribution in [0.4, 0.5) is 0 Å². The second-order valence-corrected chi connectivity index (χ2v) is 8.62. The Hall–Kier alpha value is -1.33. The predicted octanol–water partition coefficient (Wildman–Crippen LogP) is 6.15. The van der Waals surface area contributed by atoms with E-state index in [1.165, 1.54) is 65.3 Å². The van der Waals surface area contributed by atoms with Gasteiger partial charge >= 0.3 is 0 Å². The molecular weight excluding hydrogens is 285 g/mol. The fraction of sp³-hybridized carbons (Fsp3) is 0.400. The smallest absolute Gasteiger partial charge is 0.0464 e. The zero-order chi connectivity index (χ0) is 15.7. The molecule has 1 nitrogen and oxygen atoms in total. The Labute approximate surface area is 136 Å². The highest BCUT2D eigenvalue weighted by Gasteiger charge is 2.26. The van der Waals surface area contributed by atoms with Gasteiger partial charge in [0.15, 0.2) is 0 Å². The summed E-state index contributed by atoms with van der Waals surface area (Å²) in [4.78, 5) is 0. The summed E-state index contributed by atoms with van der Waals surface area (Å²) in [5, 5.41) is 4.99. The minimum atomic E-state index is -0.383. The second-order valence-electron chi connectivity index (χ2n) is 6.51. The van der Waals surface area contributed by atoms with Crippen molar-refractivity contribution in [1.82, 2.24) is 5.32 Å². The highest BCUT2D eigenvalue weighted by Crippen LogP contribution is 2.59. The Morgan fingerprint density at radius 3 is 2.45 bits per heavy atom. The van der Waals surface area contributed by atoms with Gasteiger partial charge in [-0.3, -0.25) is 0 Å². The maximum atomic E-state index is 4.37. The average Bonchev–Trinajstić information content (AvgIpc) is 2.57. The lowest BCUT2D eigenvalue weighted by Gasteiger charge is -2.33. The number of hydrogen-bond donors (Lipinski definition) is 1. The molecule has 0 amide bonds. The first-order valence-corrected chi connectivity index (χ1v) is 10.1. The number of hydrogen-bond acceptors (Lipinski definition) is 1. The van der Waals surface area contributed by atoms with Gasteiger partial charge in [0.2, 0.25) is 0 Å². The van der Waals surface area contributed by atoms with Gasteiger partial charge in [0, 0.05) is 11.1 Å². The molecule has 1 N–H and O–H groups in total. The first kappa shape index (κ1) is 15.6. The average molecular weight is 311 g/mol. The Balaban J connectivity index is 1.88. The van der Waals surface area contributed by atoms with E-state index >= 15 is 0 Å². The second kappa shape index (κ2) is 6.42. The van der Waals surface area contributed by atoms with E-state index in [4.69, 9.17) is 0 Å². The highest BCUT2D eigenvalue weighted by atomic mass is 31.1. The van der Waals surface area contributed by atoms with Crippen molar-refractivity contribution in [1.29, 1.82) is 0 Å². The number of rotatable bonds is 3. The summed E-state index contributed by atoms with van der Waals surface area (Å²) in [6.45, 7) is 13.3. The van der Waals surface area contributed by atoms with Crippen molar-refractivity contribution in [3.05, 3.63) is 59.7 Å². The molecule has 116 valence electrons. The highest BCUT2D eigenvalue weighted by molar-refractivity contribution is 7.72. The molecule has 1 aliphatic carbocycles. The lowest BCUT2D eigenvalue weighted by atomic mass is 9.87. The fourth-order valence-corrected chi connectivity index (χ4v) is 5.40.